The highest BCUT2D eigenvalue weighted by Gasteiger charge is 2.46. The number of carbonyl (C=O) groups is 2. The number of hydrogen-bond acceptors (Lipinski definition) is 3. The van der Waals surface area contributed by atoms with Crippen LogP contribution in [0.25, 0.3) is 0 Å². The lowest BCUT2D eigenvalue weighted by Crippen LogP contribution is -2.44. The predicted octanol–water partition coefficient (Wildman–Crippen LogP) is 5.39. The average molecular weight is 388 g/mol. The Morgan fingerprint density at radius 2 is 2.14 bits per heavy atom. The maximum atomic E-state index is 12.9. The first-order chi connectivity index (χ1) is 13.1. The molecule has 4 heteroatoms. The summed E-state index contributed by atoms with van der Waals surface area (Å²) in [6.07, 6.45) is 14.7. The molecule has 0 aliphatic heterocycles. The van der Waals surface area contributed by atoms with Gasteiger partial charge in [0.25, 0.3) is 0 Å². The highest BCUT2D eigenvalue weighted by Crippen LogP contribution is 2.45. The number of rotatable bonds is 8. The molecule has 1 rings (SSSR count). The highest BCUT2D eigenvalue weighted by atomic mass is 16.6. The van der Waals surface area contributed by atoms with Gasteiger partial charge in [-0.3, -0.25) is 4.79 Å². The molecule has 0 aromatic carbocycles. The molecular weight excluding hydrogens is 350 g/mol. The lowest BCUT2D eigenvalue weighted by atomic mass is 9.60. The highest BCUT2D eigenvalue weighted by molar-refractivity contribution is 5.89. The SMILES string of the molecule is C#C[C@@]1(CCCN(C/C=C/C)C(=O)OC(C)(C)C)C(=O)C[C@H](C)C[C@H]1CC=C. The summed E-state index contributed by atoms with van der Waals surface area (Å²) in [5, 5.41) is 0. The fourth-order valence-corrected chi connectivity index (χ4v) is 3.97. The summed E-state index contributed by atoms with van der Waals surface area (Å²) in [5.41, 5.74) is -1.29. The second-order valence-electron chi connectivity index (χ2n) is 8.90. The Morgan fingerprint density at radius 1 is 1.46 bits per heavy atom. The molecule has 1 aliphatic rings. The Balaban J connectivity index is 2.88. The van der Waals surface area contributed by atoms with Crippen molar-refractivity contribution < 1.29 is 14.3 Å². The number of terminal acetylenes is 1. The molecule has 0 aromatic heterocycles. The lowest BCUT2D eigenvalue weighted by Gasteiger charge is -2.41. The molecular formula is C24H37NO3. The van der Waals surface area contributed by atoms with E-state index in [2.05, 4.69) is 19.4 Å². The van der Waals surface area contributed by atoms with E-state index in [0.29, 0.717) is 38.3 Å². The van der Waals surface area contributed by atoms with Crippen LogP contribution < -0.4 is 0 Å². The minimum atomic E-state index is -0.749. The Morgan fingerprint density at radius 3 is 2.68 bits per heavy atom. The van der Waals surface area contributed by atoms with Crippen LogP contribution in [0.4, 0.5) is 4.79 Å². The van der Waals surface area contributed by atoms with Crippen molar-refractivity contribution in [3.63, 3.8) is 0 Å². The molecule has 1 fully saturated rings. The van der Waals surface area contributed by atoms with Crippen molar-refractivity contribution in [1.82, 2.24) is 4.90 Å². The Bertz CT molecular complexity index is 623. The first-order valence-electron chi connectivity index (χ1n) is 10.3. The van der Waals surface area contributed by atoms with Gasteiger partial charge in [-0.15, -0.1) is 13.0 Å². The summed E-state index contributed by atoms with van der Waals surface area (Å²) >= 11 is 0. The molecule has 28 heavy (non-hydrogen) atoms. The Labute approximate surface area is 171 Å². The van der Waals surface area contributed by atoms with E-state index >= 15 is 0 Å². The van der Waals surface area contributed by atoms with Gasteiger partial charge < -0.3 is 9.64 Å². The number of allylic oxidation sites excluding steroid dienone is 2. The van der Waals surface area contributed by atoms with Crippen LogP contribution in [0.5, 0.6) is 0 Å². The van der Waals surface area contributed by atoms with E-state index in [1.807, 2.05) is 45.9 Å². The molecule has 0 bridgehead atoms. The maximum Gasteiger partial charge on any atom is 0.410 e. The molecule has 0 radical (unpaired) electrons. The molecule has 1 aliphatic carbocycles. The summed E-state index contributed by atoms with van der Waals surface area (Å²) in [6.45, 7) is 14.4. The van der Waals surface area contributed by atoms with Gasteiger partial charge in [-0.1, -0.05) is 31.1 Å². The van der Waals surface area contributed by atoms with Gasteiger partial charge in [0.15, 0.2) is 5.78 Å². The van der Waals surface area contributed by atoms with Crippen LogP contribution in [-0.2, 0) is 9.53 Å². The molecule has 0 N–H and O–H groups in total. The van der Waals surface area contributed by atoms with E-state index in [9.17, 15) is 9.59 Å². The van der Waals surface area contributed by atoms with E-state index in [-0.39, 0.29) is 17.8 Å². The van der Waals surface area contributed by atoms with Gasteiger partial charge in [-0.05, 0) is 65.2 Å². The van der Waals surface area contributed by atoms with Crippen LogP contribution in [0.2, 0.25) is 0 Å². The van der Waals surface area contributed by atoms with Crippen LogP contribution in [0.1, 0.15) is 66.7 Å². The summed E-state index contributed by atoms with van der Waals surface area (Å²) in [4.78, 5) is 27.1. The zero-order valence-electron chi connectivity index (χ0n) is 18.3. The third-order valence-corrected chi connectivity index (χ3v) is 5.34. The molecule has 4 nitrogen and oxygen atoms in total. The zero-order valence-corrected chi connectivity index (χ0v) is 18.3. The normalized spacial score (nSPS) is 25.4. The van der Waals surface area contributed by atoms with E-state index in [1.165, 1.54) is 0 Å². The van der Waals surface area contributed by atoms with Crippen LogP contribution in [0.15, 0.2) is 24.8 Å². The molecule has 1 amide bonds. The molecule has 0 heterocycles. The van der Waals surface area contributed by atoms with Gasteiger partial charge in [0.1, 0.15) is 5.60 Å². The van der Waals surface area contributed by atoms with Gasteiger partial charge in [-0.2, -0.15) is 0 Å². The Hall–Kier alpha value is -2.02. The lowest BCUT2D eigenvalue weighted by molar-refractivity contribution is -0.133. The van der Waals surface area contributed by atoms with Crippen LogP contribution in [0, 0.1) is 29.6 Å². The molecule has 156 valence electrons. The first-order valence-corrected chi connectivity index (χ1v) is 10.3. The van der Waals surface area contributed by atoms with Gasteiger partial charge in [0.05, 0.1) is 5.41 Å². The van der Waals surface area contributed by atoms with E-state index in [0.717, 1.165) is 12.8 Å². The minimum Gasteiger partial charge on any atom is -0.444 e. The van der Waals surface area contributed by atoms with Crippen molar-refractivity contribution in [2.75, 3.05) is 13.1 Å². The van der Waals surface area contributed by atoms with E-state index in [4.69, 9.17) is 11.2 Å². The molecule has 0 saturated heterocycles. The molecule has 3 atom stereocenters. The quantitative estimate of drug-likeness (QED) is 0.414. The zero-order chi connectivity index (χ0) is 21.4. The standard InChI is InChI=1S/C24H37NO3/c1-8-11-15-25(22(27)28-23(5,6)7)16-12-14-24(10-3)20(13-9-2)17-19(4)18-21(24)26/h3,8-9,11,19-20H,2,12-18H2,1,4-7H3/b11-8+/t19-,20-,24+/m1/s1. The van der Waals surface area contributed by atoms with Crippen LogP contribution in [-0.4, -0.2) is 35.5 Å². The largest absolute Gasteiger partial charge is 0.444 e. The number of nitrogens with zero attached hydrogens (tertiary/aromatic N) is 1. The number of ether oxygens (including phenoxy) is 1. The number of ketones is 1. The van der Waals surface area contributed by atoms with Crippen LogP contribution >= 0.6 is 0 Å². The summed E-state index contributed by atoms with van der Waals surface area (Å²) in [5.74, 6) is 3.50. The van der Waals surface area contributed by atoms with E-state index in [1.54, 1.807) is 4.90 Å². The third kappa shape index (κ3) is 6.55. The van der Waals surface area contributed by atoms with Crippen molar-refractivity contribution in [3.8, 4) is 12.3 Å². The Kier molecular flexibility index (Phi) is 9.01. The van der Waals surface area contributed by atoms with Crippen molar-refractivity contribution in [2.24, 2.45) is 17.3 Å². The van der Waals surface area contributed by atoms with Gasteiger partial charge in [-0.25, -0.2) is 4.79 Å². The second kappa shape index (κ2) is 10.5. The van der Waals surface area contributed by atoms with Crippen molar-refractivity contribution >= 4 is 11.9 Å². The number of hydrogen-bond donors (Lipinski definition) is 0. The first kappa shape index (κ1) is 24.0. The van der Waals surface area contributed by atoms with Crippen molar-refractivity contribution in [3.05, 3.63) is 24.8 Å². The summed E-state index contributed by atoms with van der Waals surface area (Å²) in [7, 11) is 0. The van der Waals surface area contributed by atoms with Crippen molar-refractivity contribution in [1.29, 1.82) is 0 Å². The maximum absolute atomic E-state index is 12.9. The van der Waals surface area contributed by atoms with Gasteiger partial charge in [0, 0.05) is 19.5 Å². The van der Waals surface area contributed by atoms with E-state index < -0.39 is 11.0 Å². The van der Waals surface area contributed by atoms with Crippen molar-refractivity contribution in [2.45, 2.75) is 72.3 Å². The third-order valence-electron chi connectivity index (χ3n) is 5.34. The molecule has 1 saturated carbocycles. The topological polar surface area (TPSA) is 46.6 Å². The minimum absolute atomic E-state index is 0.122. The van der Waals surface area contributed by atoms with Gasteiger partial charge in [0.2, 0.25) is 0 Å². The number of Topliss-reactive ketones (excluding diaryl/α,β-unsaturated/α-hetero) is 1. The monoisotopic (exact) mass is 387 g/mol. The number of amides is 1. The second-order valence-corrected chi connectivity index (χ2v) is 8.90. The fraction of sp³-hybridized carbons (Fsp3) is 0.667. The fourth-order valence-electron chi connectivity index (χ4n) is 3.97. The molecule has 0 unspecified atom stereocenters. The van der Waals surface area contributed by atoms with Crippen LogP contribution in [0.3, 0.4) is 0 Å². The predicted molar refractivity (Wildman–Crippen MR) is 115 cm³/mol. The van der Waals surface area contributed by atoms with Gasteiger partial charge >= 0.3 is 6.09 Å². The summed E-state index contributed by atoms with van der Waals surface area (Å²) in [6, 6.07) is 0. The average Bonchev–Trinajstić information content (AvgIpc) is 2.58. The molecule has 0 spiro atoms. The molecule has 0 aromatic rings. The summed E-state index contributed by atoms with van der Waals surface area (Å²) < 4.78 is 5.52. The number of carbonyl (C=O) groups excluding carboxylic acids is 2. The smallest absolute Gasteiger partial charge is 0.410 e.